The quantitative estimate of drug-likeness (QED) is 0.882. The van der Waals surface area contributed by atoms with Crippen LogP contribution in [-0.4, -0.2) is 41.6 Å². The van der Waals surface area contributed by atoms with Crippen LogP contribution in [0.4, 0.5) is 0 Å². The van der Waals surface area contributed by atoms with Crippen molar-refractivity contribution in [3.8, 4) is 0 Å². The number of ether oxygens (including phenoxy) is 1. The standard InChI is InChI=1S/C17H22ClN3O3S/c1-11-16(12(2)20-19-11)25(22,23)21-9-15(24-10-17(21,3)4)13-6-5-7-14(18)8-13/h5-8,15H,9-10H2,1-4H3,(H,19,20). The minimum atomic E-state index is -3.71. The van der Waals surface area contributed by atoms with Gasteiger partial charge in [-0.3, -0.25) is 5.10 Å². The lowest BCUT2D eigenvalue weighted by atomic mass is 10.0. The molecule has 1 saturated heterocycles. The minimum absolute atomic E-state index is 0.222. The monoisotopic (exact) mass is 383 g/mol. The van der Waals surface area contributed by atoms with Crippen LogP contribution in [0.2, 0.25) is 5.02 Å². The maximum Gasteiger partial charge on any atom is 0.247 e. The number of H-pyrrole nitrogens is 1. The second-order valence-corrected chi connectivity index (χ2v) is 9.20. The minimum Gasteiger partial charge on any atom is -0.370 e. The number of aryl methyl sites for hydroxylation is 2. The van der Waals surface area contributed by atoms with Crippen molar-refractivity contribution in [2.24, 2.45) is 0 Å². The Kier molecular flexibility index (Phi) is 4.70. The first-order chi connectivity index (χ1) is 11.6. The van der Waals surface area contributed by atoms with Crippen molar-refractivity contribution in [2.75, 3.05) is 13.2 Å². The zero-order chi connectivity index (χ0) is 18.4. The maximum atomic E-state index is 13.3. The number of benzene rings is 1. The van der Waals surface area contributed by atoms with E-state index in [2.05, 4.69) is 10.2 Å². The molecule has 1 aromatic carbocycles. The molecule has 1 aliphatic heterocycles. The number of hydrogen-bond acceptors (Lipinski definition) is 4. The molecule has 0 aliphatic carbocycles. The predicted octanol–water partition coefficient (Wildman–Crippen LogP) is 3.22. The van der Waals surface area contributed by atoms with E-state index < -0.39 is 15.6 Å². The molecule has 136 valence electrons. The molecule has 1 aliphatic rings. The molecule has 3 rings (SSSR count). The van der Waals surface area contributed by atoms with Crippen LogP contribution in [0.1, 0.15) is 36.9 Å². The molecule has 0 radical (unpaired) electrons. The highest BCUT2D eigenvalue weighted by Crippen LogP contribution is 2.36. The molecular formula is C17H22ClN3O3S. The Morgan fingerprint density at radius 2 is 2.08 bits per heavy atom. The zero-order valence-corrected chi connectivity index (χ0v) is 16.3. The number of sulfonamides is 1. The number of aromatic amines is 1. The van der Waals surface area contributed by atoms with Gasteiger partial charge < -0.3 is 4.74 Å². The molecule has 0 spiro atoms. The lowest BCUT2D eigenvalue weighted by Gasteiger charge is -2.44. The second kappa shape index (κ2) is 6.39. The lowest BCUT2D eigenvalue weighted by molar-refractivity contribution is -0.0655. The highest BCUT2D eigenvalue weighted by molar-refractivity contribution is 7.89. The van der Waals surface area contributed by atoms with E-state index in [4.69, 9.17) is 16.3 Å². The highest BCUT2D eigenvalue weighted by atomic mass is 35.5. The first-order valence-corrected chi connectivity index (χ1v) is 9.86. The van der Waals surface area contributed by atoms with Crippen LogP contribution < -0.4 is 0 Å². The van der Waals surface area contributed by atoms with E-state index >= 15 is 0 Å². The number of halogens is 1. The average molecular weight is 384 g/mol. The van der Waals surface area contributed by atoms with E-state index in [1.165, 1.54) is 4.31 Å². The van der Waals surface area contributed by atoms with Crippen molar-refractivity contribution in [1.82, 2.24) is 14.5 Å². The van der Waals surface area contributed by atoms with Gasteiger partial charge in [-0.15, -0.1) is 0 Å². The topological polar surface area (TPSA) is 75.3 Å². The van der Waals surface area contributed by atoms with Crippen LogP contribution >= 0.6 is 11.6 Å². The third-order valence-electron chi connectivity index (χ3n) is 4.47. The molecule has 1 fully saturated rings. The van der Waals surface area contributed by atoms with Crippen LogP contribution in [0, 0.1) is 13.8 Å². The SMILES string of the molecule is Cc1n[nH]c(C)c1S(=O)(=O)N1CC(c2cccc(Cl)c2)OCC1(C)C. The number of nitrogens with one attached hydrogen (secondary N) is 1. The van der Waals surface area contributed by atoms with E-state index in [0.717, 1.165) is 5.56 Å². The summed E-state index contributed by atoms with van der Waals surface area (Å²) in [6, 6.07) is 7.33. The van der Waals surface area contributed by atoms with Crippen molar-refractivity contribution in [3.05, 3.63) is 46.2 Å². The fourth-order valence-corrected chi connectivity index (χ4v) is 5.50. The van der Waals surface area contributed by atoms with E-state index in [9.17, 15) is 8.42 Å². The number of aromatic nitrogens is 2. The van der Waals surface area contributed by atoms with Gasteiger partial charge in [-0.05, 0) is 45.4 Å². The predicted molar refractivity (Wildman–Crippen MR) is 96.2 cm³/mol. The van der Waals surface area contributed by atoms with E-state index in [0.29, 0.717) is 23.0 Å². The highest BCUT2D eigenvalue weighted by Gasteiger charge is 2.44. The molecule has 0 bridgehead atoms. The number of nitrogens with zero attached hydrogens (tertiary/aromatic N) is 2. The third-order valence-corrected chi connectivity index (χ3v) is 7.05. The van der Waals surface area contributed by atoms with Gasteiger partial charge in [-0.1, -0.05) is 23.7 Å². The molecule has 1 aromatic heterocycles. The summed E-state index contributed by atoms with van der Waals surface area (Å²) in [6.45, 7) is 7.65. The van der Waals surface area contributed by atoms with Gasteiger partial charge in [0, 0.05) is 11.6 Å². The summed E-state index contributed by atoms with van der Waals surface area (Å²) < 4.78 is 34.1. The Hall–Kier alpha value is -1.41. The number of hydrogen-bond donors (Lipinski definition) is 1. The fourth-order valence-electron chi connectivity index (χ4n) is 3.19. The van der Waals surface area contributed by atoms with Crippen molar-refractivity contribution < 1.29 is 13.2 Å². The van der Waals surface area contributed by atoms with Gasteiger partial charge in [0.1, 0.15) is 4.90 Å². The molecule has 1 atom stereocenters. The third kappa shape index (κ3) is 3.33. The number of rotatable bonds is 3. The van der Waals surface area contributed by atoms with Gasteiger partial charge in [-0.2, -0.15) is 9.40 Å². The second-order valence-electron chi connectivity index (χ2n) is 6.97. The summed E-state index contributed by atoms with van der Waals surface area (Å²) in [4.78, 5) is 0.243. The largest absolute Gasteiger partial charge is 0.370 e. The molecule has 6 nitrogen and oxygen atoms in total. The Morgan fingerprint density at radius 1 is 1.36 bits per heavy atom. The van der Waals surface area contributed by atoms with Gasteiger partial charge in [-0.25, -0.2) is 8.42 Å². The Labute approximate surface area is 153 Å². The van der Waals surface area contributed by atoms with Crippen LogP contribution in [0.3, 0.4) is 0 Å². The van der Waals surface area contributed by atoms with Crippen molar-refractivity contribution in [1.29, 1.82) is 0 Å². The summed E-state index contributed by atoms with van der Waals surface area (Å²) in [5.41, 5.74) is 1.21. The molecule has 2 heterocycles. The first-order valence-electron chi connectivity index (χ1n) is 8.04. The van der Waals surface area contributed by atoms with Gasteiger partial charge >= 0.3 is 0 Å². The van der Waals surface area contributed by atoms with E-state index in [1.54, 1.807) is 19.9 Å². The maximum absolute atomic E-state index is 13.3. The Balaban J connectivity index is 2.00. The van der Waals surface area contributed by atoms with Crippen LogP contribution in [0.25, 0.3) is 0 Å². The van der Waals surface area contributed by atoms with Crippen LogP contribution in [-0.2, 0) is 14.8 Å². The summed E-state index contributed by atoms with van der Waals surface area (Å²) in [7, 11) is -3.71. The average Bonchev–Trinajstić information content (AvgIpc) is 2.86. The molecular weight excluding hydrogens is 362 g/mol. The van der Waals surface area contributed by atoms with Crippen molar-refractivity contribution in [2.45, 2.75) is 44.2 Å². The van der Waals surface area contributed by atoms with Gasteiger partial charge in [0.05, 0.1) is 29.6 Å². The summed E-state index contributed by atoms with van der Waals surface area (Å²) in [5.74, 6) is 0. The lowest BCUT2D eigenvalue weighted by Crippen LogP contribution is -2.56. The van der Waals surface area contributed by atoms with Crippen LogP contribution in [0.15, 0.2) is 29.2 Å². The van der Waals surface area contributed by atoms with Crippen LogP contribution in [0.5, 0.6) is 0 Å². The van der Waals surface area contributed by atoms with E-state index in [-0.39, 0.29) is 17.5 Å². The van der Waals surface area contributed by atoms with E-state index in [1.807, 2.05) is 32.0 Å². The summed E-state index contributed by atoms with van der Waals surface area (Å²) >= 11 is 6.07. The van der Waals surface area contributed by atoms with Gasteiger partial charge in [0.15, 0.2) is 0 Å². The van der Waals surface area contributed by atoms with Gasteiger partial charge in [0.25, 0.3) is 0 Å². The Bertz CT molecular complexity index is 873. The first kappa shape index (κ1) is 18.4. The molecule has 0 saturated carbocycles. The molecule has 0 amide bonds. The Morgan fingerprint density at radius 3 is 2.68 bits per heavy atom. The molecule has 2 aromatic rings. The number of morpholine rings is 1. The van der Waals surface area contributed by atoms with Crippen molar-refractivity contribution >= 4 is 21.6 Å². The van der Waals surface area contributed by atoms with Crippen molar-refractivity contribution in [3.63, 3.8) is 0 Å². The summed E-state index contributed by atoms with van der Waals surface area (Å²) in [5, 5.41) is 7.39. The molecule has 25 heavy (non-hydrogen) atoms. The fraction of sp³-hybridized carbons (Fsp3) is 0.471. The smallest absolute Gasteiger partial charge is 0.247 e. The molecule has 1 N–H and O–H groups in total. The molecule has 8 heteroatoms. The summed E-state index contributed by atoms with van der Waals surface area (Å²) in [6.07, 6.45) is -0.367. The molecule has 1 unspecified atom stereocenters. The van der Waals surface area contributed by atoms with Gasteiger partial charge in [0.2, 0.25) is 10.0 Å². The zero-order valence-electron chi connectivity index (χ0n) is 14.7. The normalized spacial score (nSPS) is 21.4.